The van der Waals surface area contributed by atoms with Gasteiger partial charge in [-0.25, -0.2) is 0 Å². The summed E-state index contributed by atoms with van der Waals surface area (Å²) >= 11 is 0. The zero-order chi connectivity index (χ0) is 22.6. The van der Waals surface area contributed by atoms with Crippen molar-refractivity contribution < 1.29 is 28.6 Å². The van der Waals surface area contributed by atoms with E-state index >= 15 is 0 Å². The van der Waals surface area contributed by atoms with Crippen LogP contribution >= 0.6 is 0 Å². The summed E-state index contributed by atoms with van der Waals surface area (Å²) in [5.41, 5.74) is -0.339. The van der Waals surface area contributed by atoms with Crippen LogP contribution in [-0.4, -0.2) is 36.2 Å². The minimum absolute atomic E-state index is 0.189. The maximum Gasteiger partial charge on any atom is 0.320 e. The third-order valence-corrected chi connectivity index (χ3v) is 9.74. The molecule has 6 heteroatoms. The normalized spacial score (nSPS) is 46.2. The van der Waals surface area contributed by atoms with E-state index < -0.39 is 29.7 Å². The second-order valence-corrected chi connectivity index (χ2v) is 11.4. The van der Waals surface area contributed by atoms with Crippen LogP contribution in [0.15, 0.2) is 0 Å². The van der Waals surface area contributed by atoms with Gasteiger partial charge in [0.1, 0.15) is 5.60 Å². The Balaban J connectivity index is 1.27. The van der Waals surface area contributed by atoms with Gasteiger partial charge in [-0.15, -0.1) is 0 Å². The quantitative estimate of drug-likeness (QED) is 0.447. The number of ether oxygens (including phenoxy) is 3. The predicted octanol–water partition coefficient (Wildman–Crippen LogP) is 4.29. The van der Waals surface area contributed by atoms with E-state index in [4.69, 9.17) is 14.2 Å². The van der Waals surface area contributed by atoms with Gasteiger partial charge in [0, 0.05) is 12.5 Å². The highest BCUT2D eigenvalue weighted by Gasteiger charge is 2.62. The van der Waals surface area contributed by atoms with Gasteiger partial charge in [0.05, 0.1) is 23.9 Å². The van der Waals surface area contributed by atoms with E-state index in [-0.39, 0.29) is 30.0 Å². The Morgan fingerprint density at radius 1 is 1.16 bits per heavy atom. The van der Waals surface area contributed by atoms with Crippen molar-refractivity contribution in [2.24, 2.45) is 47.3 Å². The molecule has 0 spiro atoms. The summed E-state index contributed by atoms with van der Waals surface area (Å²) in [5, 5.41) is 0. The van der Waals surface area contributed by atoms with Gasteiger partial charge in [-0.2, -0.15) is 0 Å². The number of fused-ring (bicyclic) bond motifs is 5. The van der Waals surface area contributed by atoms with Crippen molar-refractivity contribution in [2.75, 3.05) is 6.61 Å². The molecule has 2 aliphatic heterocycles. The number of cyclic esters (lactones) is 2. The zero-order valence-corrected chi connectivity index (χ0v) is 19.7. The second kappa shape index (κ2) is 8.41. The molecule has 2 bridgehead atoms. The van der Waals surface area contributed by atoms with Crippen LogP contribution in [0.25, 0.3) is 0 Å². The lowest BCUT2D eigenvalue weighted by Gasteiger charge is -2.42. The molecule has 0 radical (unpaired) electrons. The molecule has 5 aliphatic rings. The van der Waals surface area contributed by atoms with Crippen LogP contribution in [0.5, 0.6) is 0 Å². The predicted molar refractivity (Wildman–Crippen MR) is 116 cm³/mol. The maximum atomic E-state index is 13.3. The molecule has 0 amide bonds. The van der Waals surface area contributed by atoms with E-state index in [1.165, 1.54) is 25.7 Å². The minimum Gasteiger partial charge on any atom is -0.459 e. The largest absolute Gasteiger partial charge is 0.459 e. The molecule has 3 aliphatic carbocycles. The summed E-state index contributed by atoms with van der Waals surface area (Å²) < 4.78 is 17.3. The fourth-order valence-electron chi connectivity index (χ4n) is 8.16. The first-order valence-corrected chi connectivity index (χ1v) is 12.9. The van der Waals surface area contributed by atoms with Crippen LogP contribution in [0, 0.1) is 47.3 Å². The van der Waals surface area contributed by atoms with Crippen LogP contribution in [0.1, 0.15) is 78.6 Å². The average molecular weight is 447 g/mol. The number of hydrogen-bond acceptors (Lipinski definition) is 6. The molecule has 6 nitrogen and oxygen atoms in total. The van der Waals surface area contributed by atoms with E-state index in [0.29, 0.717) is 24.4 Å². The first-order valence-electron chi connectivity index (χ1n) is 12.9. The Morgan fingerprint density at radius 2 is 1.94 bits per heavy atom. The zero-order valence-electron chi connectivity index (χ0n) is 19.7. The highest BCUT2D eigenvalue weighted by Crippen LogP contribution is 2.64. The highest BCUT2D eigenvalue weighted by molar-refractivity contribution is 5.97. The number of esters is 3. The van der Waals surface area contributed by atoms with Crippen molar-refractivity contribution >= 4 is 17.9 Å². The Morgan fingerprint density at radius 3 is 2.69 bits per heavy atom. The van der Waals surface area contributed by atoms with Crippen LogP contribution < -0.4 is 0 Å². The molecule has 0 N–H and O–H groups in total. The molecule has 2 heterocycles. The van der Waals surface area contributed by atoms with Gasteiger partial charge in [-0.3, -0.25) is 14.4 Å². The van der Waals surface area contributed by atoms with E-state index in [9.17, 15) is 14.4 Å². The molecule has 10 atom stereocenters. The van der Waals surface area contributed by atoms with Gasteiger partial charge in [0.25, 0.3) is 0 Å². The molecule has 5 fully saturated rings. The Labute approximate surface area is 191 Å². The SMILES string of the molecule is CCC1(OC(=O)C(C)CC2C(=O)OC(=O)C2C2OCCCC2C)CC2CC1C1CCCC21. The number of hydrogen-bond donors (Lipinski definition) is 0. The van der Waals surface area contributed by atoms with Crippen molar-refractivity contribution in [1.29, 1.82) is 0 Å². The molecule has 0 aromatic carbocycles. The first-order chi connectivity index (χ1) is 15.3. The van der Waals surface area contributed by atoms with E-state index in [1.807, 2.05) is 6.92 Å². The van der Waals surface area contributed by atoms with Gasteiger partial charge < -0.3 is 14.2 Å². The van der Waals surface area contributed by atoms with Crippen molar-refractivity contribution in [3.63, 3.8) is 0 Å². The number of rotatable bonds is 6. The topological polar surface area (TPSA) is 78.9 Å². The van der Waals surface area contributed by atoms with Crippen molar-refractivity contribution in [3.8, 4) is 0 Å². The lowest BCUT2D eigenvalue weighted by molar-refractivity contribution is -0.176. The van der Waals surface area contributed by atoms with Gasteiger partial charge in [-0.05, 0) is 75.0 Å². The second-order valence-electron chi connectivity index (χ2n) is 11.4. The molecular formula is C26H38O6. The van der Waals surface area contributed by atoms with E-state index in [1.54, 1.807) is 0 Å². The standard InChI is InChI=1S/C26H38O6/c1-4-26(13-16-12-20(26)18-9-5-8-17(16)18)32-23(27)15(3)11-19-21(25(29)31-24(19)28)22-14(2)7-6-10-30-22/h14-22H,4-13H2,1-3H3. The van der Waals surface area contributed by atoms with Crippen molar-refractivity contribution in [3.05, 3.63) is 0 Å². The summed E-state index contributed by atoms with van der Waals surface area (Å²) in [5.74, 6) is -0.00227. The fraction of sp³-hybridized carbons (Fsp3) is 0.885. The molecule has 5 rings (SSSR count). The Kier molecular flexibility index (Phi) is 5.88. The van der Waals surface area contributed by atoms with Crippen molar-refractivity contribution in [2.45, 2.75) is 90.3 Å². The van der Waals surface area contributed by atoms with Gasteiger partial charge in [0.15, 0.2) is 0 Å². The molecule has 0 aromatic rings. The summed E-state index contributed by atoms with van der Waals surface area (Å²) in [6.45, 7) is 6.63. The summed E-state index contributed by atoms with van der Waals surface area (Å²) in [7, 11) is 0. The fourth-order valence-corrected chi connectivity index (χ4v) is 8.16. The van der Waals surface area contributed by atoms with Crippen LogP contribution in [-0.2, 0) is 28.6 Å². The van der Waals surface area contributed by atoms with Crippen LogP contribution in [0.4, 0.5) is 0 Å². The average Bonchev–Trinajstić information content (AvgIpc) is 3.51. The molecule has 2 saturated heterocycles. The van der Waals surface area contributed by atoms with Gasteiger partial charge >= 0.3 is 17.9 Å². The monoisotopic (exact) mass is 446 g/mol. The van der Waals surface area contributed by atoms with Gasteiger partial charge in [-0.1, -0.05) is 27.2 Å². The first kappa shape index (κ1) is 22.4. The van der Waals surface area contributed by atoms with Crippen molar-refractivity contribution in [1.82, 2.24) is 0 Å². The van der Waals surface area contributed by atoms with E-state index in [0.717, 1.165) is 31.6 Å². The number of carbonyl (C=O) groups is 3. The highest BCUT2D eigenvalue weighted by atomic mass is 16.6. The third kappa shape index (κ3) is 3.52. The molecular weight excluding hydrogens is 408 g/mol. The Hall–Kier alpha value is -1.43. The van der Waals surface area contributed by atoms with Crippen LogP contribution in [0.2, 0.25) is 0 Å². The third-order valence-electron chi connectivity index (χ3n) is 9.74. The molecule has 178 valence electrons. The molecule has 3 saturated carbocycles. The number of carbonyl (C=O) groups excluding carboxylic acids is 3. The lowest BCUT2D eigenvalue weighted by atomic mass is 9.71. The lowest BCUT2D eigenvalue weighted by Crippen LogP contribution is -2.46. The van der Waals surface area contributed by atoms with E-state index in [2.05, 4.69) is 13.8 Å². The summed E-state index contributed by atoms with van der Waals surface area (Å²) in [4.78, 5) is 38.3. The maximum absolute atomic E-state index is 13.3. The minimum atomic E-state index is -0.632. The molecule has 0 aromatic heterocycles. The Bertz CT molecular complexity index is 778. The van der Waals surface area contributed by atoms with Crippen LogP contribution in [0.3, 0.4) is 0 Å². The summed E-state index contributed by atoms with van der Waals surface area (Å²) in [6, 6.07) is 0. The summed E-state index contributed by atoms with van der Waals surface area (Å²) in [6.07, 6.45) is 8.88. The van der Waals surface area contributed by atoms with Gasteiger partial charge in [0.2, 0.25) is 0 Å². The smallest absolute Gasteiger partial charge is 0.320 e. The molecule has 10 unspecified atom stereocenters. The molecule has 32 heavy (non-hydrogen) atoms.